The van der Waals surface area contributed by atoms with Gasteiger partial charge in [0.1, 0.15) is 5.82 Å². The van der Waals surface area contributed by atoms with Gasteiger partial charge in [0.2, 0.25) is 0 Å². The minimum Gasteiger partial charge on any atom is -0.399 e. The van der Waals surface area contributed by atoms with Gasteiger partial charge in [-0.05, 0) is 52.1 Å². The van der Waals surface area contributed by atoms with Crippen LogP contribution in [-0.2, 0) is 6.54 Å². The average Bonchev–Trinajstić information content (AvgIpc) is 2.76. The van der Waals surface area contributed by atoms with Crippen LogP contribution in [0.5, 0.6) is 0 Å². The van der Waals surface area contributed by atoms with Crippen LogP contribution in [0.25, 0.3) is 11.0 Å². The maximum Gasteiger partial charge on any atom is 0.112 e. The SMILES string of the molecule is CC(C)c1nc2cc(N)ccc2n1CCCN(C)C(C)C. The second-order valence-electron chi connectivity index (χ2n) is 6.45. The minimum atomic E-state index is 0.418. The minimum absolute atomic E-state index is 0.418. The third kappa shape index (κ3) is 3.56. The van der Waals surface area contributed by atoms with E-state index in [9.17, 15) is 0 Å². The zero-order valence-corrected chi connectivity index (χ0v) is 13.9. The van der Waals surface area contributed by atoms with Gasteiger partial charge in [0.15, 0.2) is 0 Å². The van der Waals surface area contributed by atoms with Crippen molar-refractivity contribution in [3.05, 3.63) is 24.0 Å². The molecule has 1 aromatic carbocycles. The first-order valence-corrected chi connectivity index (χ1v) is 7.86. The lowest BCUT2D eigenvalue weighted by molar-refractivity contribution is 0.265. The lowest BCUT2D eigenvalue weighted by Gasteiger charge is -2.21. The Bertz CT molecular complexity index is 598. The van der Waals surface area contributed by atoms with Gasteiger partial charge in [0, 0.05) is 24.2 Å². The Morgan fingerprint density at radius 1 is 1.24 bits per heavy atom. The molecule has 116 valence electrons. The molecule has 0 saturated heterocycles. The number of nitrogens with two attached hydrogens (primary N) is 1. The second kappa shape index (κ2) is 6.48. The highest BCUT2D eigenvalue weighted by atomic mass is 15.1. The number of nitrogen functional groups attached to an aromatic ring is 1. The monoisotopic (exact) mass is 288 g/mol. The molecule has 2 rings (SSSR count). The molecule has 1 heterocycles. The highest BCUT2D eigenvalue weighted by Crippen LogP contribution is 2.24. The van der Waals surface area contributed by atoms with Gasteiger partial charge < -0.3 is 15.2 Å². The van der Waals surface area contributed by atoms with Crippen molar-refractivity contribution in [2.75, 3.05) is 19.3 Å². The van der Waals surface area contributed by atoms with Crippen molar-refractivity contribution in [3.63, 3.8) is 0 Å². The van der Waals surface area contributed by atoms with Gasteiger partial charge in [-0.25, -0.2) is 4.98 Å². The number of fused-ring (bicyclic) bond motifs is 1. The standard InChI is InChI=1S/C17H28N4/c1-12(2)17-19-15-11-14(18)7-8-16(15)21(17)10-6-9-20(5)13(3)4/h7-8,11-13H,6,9-10,18H2,1-5H3. The first-order chi connectivity index (χ1) is 9.90. The molecule has 2 N–H and O–H groups in total. The van der Waals surface area contributed by atoms with Gasteiger partial charge >= 0.3 is 0 Å². The molecule has 0 saturated carbocycles. The summed E-state index contributed by atoms with van der Waals surface area (Å²) in [6.45, 7) is 11.0. The largest absolute Gasteiger partial charge is 0.399 e. The summed E-state index contributed by atoms with van der Waals surface area (Å²) in [4.78, 5) is 7.16. The Morgan fingerprint density at radius 3 is 2.57 bits per heavy atom. The maximum absolute atomic E-state index is 5.88. The van der Waals surface area contributed by atoms with Crippen molar-refractivity contribution >= 4 is 16.7 Å². The van der Waals surface area contributed by atoms with E-state index in [1.807, 2.05) is 12.1 Å². The van der Waals surface area contributed by atoms with Gasteiger partial charge in [-0.1, -0.05) is 13.8 Å². The van der Waals surface area contributed by atoms with Crippen LogP contribution in [0.2, 0.25) is 0 Å². The zero-order valence-electron chi connectivity index (χ0n) is 13.9. The van der Waals surface area contributed by atoms with Crippen LogP contribution in [-0.4, -0.2) is 34.1 Å². The van der Waals surface area contributed by atoms with Crippen molar-refractivity contribution in [2.45, 2.75) is 52.6 Å². The van der Waals surface area contributed by atoms with E-state index >= 15 is 0 Å². The summed E-state index contributed by atoms with van der Waals surface area (Å²) in [7, 11) is 2.18. The summed E-state index contributed by atoms with van der Waals surface area (Å²) in [6, 6.07) is 6.62. The summed E-state index contributed by atoms with van der Waals surface area (Å²) in [5.74, 6) is 1.57. The zero-order chi connectivity index (χ0) is 15.6. The Morgan fingerprint density at radius 2 is 1.95 bits per heavy atom. The molecule has 4 nitrogen and oxygen atoms in total. The lowest BCUT2D eigenvalue weighted by Crippen LogP contribution is -2.28. The molecule has 0 aliphatic rings. The molecule has 0 aliphatic carbocycles. The molecule has 0 radical (unpaired) electrons. The van der Waals surface area contributed by atoms with Crippen LogP contribution < -0.4 is 5.73 Å². The topological polar surface area (TPSA) is 47.1 Å². The number of aryl methyl sites for hydroxylation is 1. The predicted octanol–water partition coefficient (Wildman–Crippen LogP) is 3.47. The molecule has 1 aromatic heterocycles. The molecule has 4 heteroatoms. The molecular formula is C17H28N4. The quantitative estimate of drug-likeness (QED) is 0.828. The van der Waals surface area contributed by atoms with Crippen molar-refractivity contribution in [3.8, 4) is 0 Å². The number of nitrogens with zero attached hydrogens (tertiary/aromatic N) is 3. The maximum atomic E-state index is 5.88. The molecule has 0 spiro atoms. The van der Waals surface area contributed by atoms with E-state index < -0.39 is 0 Å². The van der Waals surface area contributed by atoms with Crippen LogP contribution in [0.15, 0.2) is 18.2 Å². The van der Waals surface area contributed by atoms with Crippen LogP contribution in [0.3, 0.4) is 0 Å². The number of rotatable bonds is 6. The van der Waals surface area contributed by atoms with Crippen molar-refractivity contribution in [2.24, 2.45) is 0 Å². The summed E-state index contributed by atoms with van der Waals surface area (Å²) in [5, 5.41) is 0. The summed E-state index contributed by atoms with van der Waals surface area (Å²) >= 11 is 0. The van der Waals surface area contributed by atoms with Crippen LogP contribution >= 0.6 is 0 Å². The van der Waals surface area contributed by atoms with Crippen LogP contribution in [0, 0.1) is 0 Å². The van der Waals surface area contributed by atoms with Crippen molar-refractivity contribution in [1.82, 2.24) is 14.5 Å². The van der Waals surface area contributed by atoms with Gasteiger partial charge in [0.05, 0.1) is 11.0 Å². The van der Waals surface area contributed by atoms with Gasteiger partial charge in [0.25, 0.3) is 0 Å². The van der Waals surface area contributed by atoms with Crippen molar-refractivity contribution < 1.29 is 0 Å². The normalized spacial score (nSPS) is 12.2. The Kier molecular flexibility index (Phi) is 4.88. The van der Waals surface area contributed by atoms with E-state index in [1.54, 1.807) is 0 Å². The number of benzene rings is 1. The molecule has 0 aliphatic heterocycles. The molecular weight excluding hydrogens is 260 g/mol. The molecule has 21 heavy (non-hydrogen) atoms. The fourth-order valence-corrected chi connectivity index (χ4v) is 2.58. The molecule has 0 bridgehead atoms. The van der Waals surface area contributed by atoms with Crippen molar-refractivity contribution in [1.29, 1.82) is 0 Å². The summed E-state index contributed by atoms with van der Waals surface area (Å²) < 4.78 is 2.35. The number of imidazole rings is 1. The first-order valence-electron chi connectivity index (χ1n) is 7.86. The number of hydrogen-bond donors (Lipinski definition) is 1. The molecule has 0 amide bonds. The van der Waals surface area contributed by atoms with Crippen LogP contribution in [0.1, 0.15) is 45.9 Å². The Labute approximate surface area is 128 Å². The predicted molar refractivity (Wildman–Crippen MR) is 90.6 cm³/mol. The molecule has 0 unspecified atom stereocenters. The fraction of sp³-hybridized carbons (Fsp3) is 0.588. The summed E-state index contributed by atoms with van der Waals surface area (Å²) in [6.07, 6.45) is 1.13. The second-order valence-corrected chi connectivity index (χ2v) is 6.45. The fourth-order valence-electron chi connectivity index (χ4n) is 2.58. The lowest BCUT2D eigenvalue weighted by atomic mass is 10.2. The van der Waals surface area contributed by atoms with Gasteiger partial charge in [-0.3, -0.25) is 0 Å². The number of anilines is 1. The highest BCUT2D eigenvalue weighted by Gasteiger charge is 2.14. The van der Waals surface area contributed by atoms with E-state index in [0.717, 1.165) is 36.5 Å². The molecule has 0 fully saturated rings. The molecule has 2 aromatic rings. The third-order valence-corrected chi connectivity index (χ3v) is 4.09. The number of hydrogen-bond acceptors (Lipinski definition) is 3. The first kappa shape index (κ1) is 15.8. The van der Waals surface area contributed by atoms with Gasteiger partial charge in [-0.2, -0.15) is 0 Å². The van der Waals surface area contributed by atoms with E-state index in [0.29, 0.717) is 12.0 Å². The Hall–Kier alpha value is -1.55. The Balaban J connectivity index is 2.22. The average molecular weight is 288 g/mol. The smallest absolute Gasteiger partial charge is 0.112 e. The van der Waals surface area contributed by atoms with E-state index in [4.69, 9.17) is 10.7 Å². The highest BCUT2D eigenvalue weighted by molar-refractivity contribution is 5.79. The molecule has 0 atom stereocenters. The summed E-state index contributed by atoms with van der Waals surface area (Å²) in [5.41, 5.74) is 8.86. The van der Waals surface area contributed by atoms with E-state index in [-0.39, 0.29) is 0 Å². The van der Waals surface area contributed by atoms with E-state index in [2.05, 4.69) is 50.3 Å². The third-order valence-electron chi connectivity index (χ3n) is 4.09. The number of aromatic nitrogens is 2. The van der Waals surface area contributed by atoms with Crippen LogP contribution in [0.4, 0.5) is 5.69 Å². The van der Waals surface area contributed by atoms with Gasteiger partial charge in [-0.15, -0.1) is 0 Å². The van der Waals surface area contributed by atoms with E-state index in [1.165, 1.54) is 5.52 Å².